The molecule has 3 rings (SSSR count). The molecule has 0 saturated carbocycles. The zero-order valence-electron chi connectivity index (χ0n) is 16.1. The van der Waals surface area contributed by atoms with Crippen LogP contribution < -0.4 is 10.6 Å². The molecule has 30 heavy (non-hydrogen) atoms. The quantitative estimate of drug-likeness (QED) is 0.201. The van der Waals surface area contributed by atoms with Crippen LogP contribution in [-0.4, -0.2) is 11.0 Å². The minimum Gasteiger partial charge on any atom is -0.457 e. The third kappa shape index (κ3) is 5.85. The van der Waals surface area contributed by atoms with Crippen molar-refractivity contribution in [2.45, 2.75) is 13.8 Å². The van der Waals surface area contributed by atoms with Gasteiger partial charge >= 0.3 is 0 Å². The molecule has 1 aromatic heterocycles. The first-order chi connectivity index (χ1) is 14.2. The number of aryl methyl sites for hydroxylation is 2. The van der Waals surface area contributed by atoms with E-state index in [4.69, 9.17) is 39.8 Å². The van der Waals surface area contributed by atoms with Gasteiger partial charge in [-0.3, -0.25) is 10.1 Å². The molecular weight excluding hydrogens is 554 g/mol. The zero-order valence-corrected chi connectivity index (χ0v) is 20.5. The summed E-state index contributed by atoms with van der Waals surface area (Å²) < 4.78 is 6.91. The molecule has 1 heterocycles. The average Bonchev–Trinajstić information content (AvgIpc) is 3.13. The van der Waals surface area contributed by atoms with E-state index >= 15 is 0 Å². The van der Waals surface area contributed by atoms with Crippen molar-refractivity contribution < 1.29 is 9.21 Å². The SMILES string of the molecule is Cc1cc(NC(=S)NC(=O)/C=C/c2ccc(-c3ccc(Cl)cc3Cl)o2)c(C)cc1I. The molecule has 8 heteroatoms. The van der Waals surface area contributed by atoms with Gasteiger partial charge in [-0.2, -0.15) is 0 Å². The summed E-state index contributed by atoms with van der Waals surface area (Å²) in [4.78, 5) is 12.2. The van der Waals surface area contributed by atoms with Crippen molar-refractivity contribution in [1.82, 2.24) is 5.32 Å². The monoisotopic (exact) mass is 570 g/mol. The molecule has 2 N–H and O–H groups in total. The van der Waals surface area contributed by atoms with Crippen molar-refractivity contribution in [3.8, 4) is 11.3 Å². The fourth-order valence-electron chi connectivity index (χ4n) is 2.66. The van der Waals surface area contributed by atoms with Gasteiger partial charge in [0.1, 0.15) is 11.5 Å². The van der Waals surface area contributed by atoms with Gasteiger partial charge in [0.05, 0.1) is 5.02 Å². The molecule has 0 fully saturated rings. The Morgan fingerprint density at radius 3 is 2.60 bits per heavy atom. The number of hydrogen-bond acceptors (Lipinski definition) is 3. The van der Waals surface area contributed by atoms with Crippen LogP contribution in [0.3, 0.4) is 0 Å². The van der Waals surface area contributed by atoms with Crippen LogP contribution in [0.4, 0.5) is 5.69 Å². The van der Waals surface area contributed by atoms with Crippen LogP contribution in [0, 0.1) is 17.4 Å². The van der Waals surface area contributed by atoms with Gasteiger partial charge in [0.15, 0.2) is 5.11 Å². The van der Waals surface area contributed by atoms with Crippen LogP contribution in [0.1, 0.15) is 16.9 Å². The topological polar surface area (TPSA) is 54.3 Å². The lowest BCUT2D eigenvalue weighted by Gasteiger charge is -2.12. The number of thiocarbonyl (C=S) groups is 1. The lowest BCUT2D eigenvalue weighted by molar-refractivity contribution is -0.115. The van der Waals surface area contributed by atoms with Crippen molar-refractivity contribution >= 4 is 80.8 Å². The van der Waals surface area contributed by atoms with E-state index in [2.05, 4.69) is 39.3 Å². The van der Waals surface area contributed by atoms with Crippen LogP contribution in [-0.2, 0) is 4.79 Å². The first kappa shape index (κ1) is 22.8. The fourth-order valence-corrected chi connectivity index (χ4v) is 3.99. The lowest BCUT2D eigenvalue weighted by atomic mass is 10.1. The first-order valence-corrected chi connectivity index (χ1v) is 11.1. The van der Waals surface area contributed by atoms with Crippen molar-refractivity contribution in [2.24, 2.45) is 0 Å². The van der Waals surface area contributed by atoms with Gasteiger partial charge in [-0.1, -0.05) is 23.2 Å². The van der Waals surface area contributed by atoms with E-state index in [1.54, 1.807) is 36.4 Å². The minimum atomic E-state index is -0.366. The maximum atomic E-state index is 12.2. The van der Waals surface area contributed by atoms with Crippen molar-refractivity contribution in [3.63, 3.8) is 0 Å². The molecule has 0 aliphatic heterocycles. The number of benzene rings is 2. The van der Waals surface area contributed by atoms with Gasteiger partial charge in [0, 0.05) is 25.9 Å². The molecular formula is C22H17Cl2IN2O2S. The fraction of sp³-hybridized carbons (Fsp3) is 0.0909. The van der Waals surface area contributed by atoms with Crippen LogP contribution in [0.5, 0.6) is 0 Å². The Hall–Kier alpha value is -1.87. The Balaban J connectivity index is 1.62. The number of carbonyl (C=O) groups is 1. The Labute approximate surface area is 203 Å². The highest BCUT2D eigenvalue weighted by molar-refractivity contribution is 14.1. The molecule has 0 atom stereocenters. The molecule has 0 spiro atoms. The van der Waals surface area contributed by atoms with Crippen molar-refractivity contribution in [3.05, 3.63) is 79.0 Å². The van der Waals surface area contributed by atoms with Gasteiger partial charge in [0.2, 0.25) is 5.91 Å². The number of furan rings is 1. The predicted molar refractivity (Wildman–Crippen MR) is 136 cm³/mol. The molecule has 0 saturated heterocycles. The largest absolute Gasteiger partial charge is 0.457 e. The maximum Gasteiger partial charge on any atom is 0.250 e. The number of hydrogen-bond donors (Lipinski definition) is 2. The molecule has 3 aromatic rings. The molecule has 0 unspecified atom stereocenters. The number of anilines is 1. The highest BCUT2D eigenvalue weighted by Crippen LogP contribution is 2.31. The molecule has 0 radical (unpaired) electrons. The second-order valence-electron chi connectivity index (χ2n) is 6.52. The first-order valence-electron chi connectivity index (χ1n) is 8.85. The average molecular weight is 571 g/mol. The number of rotatable bonds is 4. The second-order valence-corrected chi connectivity index (χ2v) is 8.93. The second kappa shape index (κ2) is 9.96. The molecule has 0 bridgehead atoms. The maximum absolute atomic E-state index is 12.2. The van der Waals surface area contributed by atoms with E-state index in [9.17, 15) is 4.79 Å². The third-order valence-corrected chi connectivity index (χ3v) is 6.13. The smallest absolute Gasteiger partial charge is 0.250 e. The van der Waals surface area contributed by atoms with Gasteiger partial charge in [-0.05, 0) is 108 Å². The van der Waals surface area contributed by atoms with Gasteiger partial charge in [0.25, 0.3) is 0 Å². The molecule has 1 amide bonds. The highest BCUT2D eigenvalue weighted by Gasteiger charge is 2.09. The van der Waals surface area contributed by atoms with E-state index in [-0.39, 0.29) is 11.0 Å². The summed E-state index contributed by atoms with van der Waals surface area (Å²) in [6.45, 7) is 4.00. The molecule has 0 aliphatic rings. The van der Waals surface area contributed by atoms with Crippen LogP contribution in [0.25, 0.3) is 17.4 Å². The summed E-state index contributed by atoms with van der Waals surface area (Å²) >= 11 is 19.7. The molecule has 0 aliphatic carbocycles. The van der Waals surface area contributed by atoms with E-state index in [1.165, 1.54) is 9.65 Å². The van der Waals surface area contributed by atoms with Crippen LogP contribution in [0.15, 0.2) is 53.0 Å². The standard InChI is InChI=1S/C22H17Cl2IN2O2S/c1-12-10-19(13(2)9-18(12)25)26-22(30)27-21(28)8-5-15-4-7-20(29-15)16-6-3-14(23)11-17(16)24/h3-11H,1-2H3,(H2,26,27,28,30)/b8-5+. The van der Waals surface area contributed by atoms with Gasteiger partial charge in [-0.15, -0.1) is 0 Å². The summed E-state index contributed by atoms with van der Waals surface area (Å²) in [6, 6.07) is 12.7. The predicted octanol–water partition coefficient (Wildman–Crippen LogP) is 7.00. The van der Waals surface area contributed by atoms with Crippen molar-refractivity contribution in [1.29, 1.82) is 0 Å². The van der Waals surface area contributed by atoms with Crippen LogP contribution >= 0.6 is 58.0 Å². The number of nitrogens with one attached hydrogen (secondary N) is 2. The lowest BCUT2D eigenvalue weighted by Crippen LogP contribution is -2.33. The molecule has 2 aromatic carbocycles. The van der Waals surface area contributed by atoms with E-state index in [0.717, 1.165) is 22.4 Å². The summed E-state index contributed by atoms with van der Waals surface area (Å²) in [6.07, 6.45) is 2.91. The third-order valence-electron chi connectivity index (χ3n) is 4.21. The summed E-state index contributed by atoms with van der Waals surface area (Å²) in [5.41, 5.74) is 3.75. The van der Waals surface area contributed by atoms with Gasteiger partial charge in [-0.25, -0.2) is 0 Å². The molecule has 4 nitrogen and oxygen atoms in total. The van der Waals surface area contributed by atoms with Gasteiger partial charge < -0.3 is 9.73 Å². The molecule has 154 valence electrons. The summed E-state index contributed by atoms with van der Waals surface area (Å²) in [7, 11) is 0. The van der Waals surface area contributed by atoms with E-state index in [1.807, 2.05) is 19.9 Å². The summed E-state index contributed by atoms with van der Waals surface area (Å²) in [5, 5.41) is 6.95. The normalized spacial score (nSPS) is 11.0. The van der Waals surface area contributed by atoms with Crippen molar-refractivity contribution in [2.75, 3.05) is 5.32 Å². The number of halogens is 3. The van der Waals surface area contributed by atoms with E-state index in [0.29, 0.717) is 21.6 Å². The Kier molecular flexibility index (Phi) is 7.57. The van der Waals surface area contributed by atoms with Crippen LogP contribution in [0.2, 0.25) is 10.0 Å². The highest BCUT2D eigenvalue weighted by atomic mass is 127. The Bertz CT molecular complexity index is 1160. The Morgan fingerprint density at radius 1 is 1.10 bits per heavy atom. The number of amides is 1. The number of carbonyl (C=O) groups excluding carboxylic acids is 1. The zero-order chi connectivity index (χ0) is 21.8. The Morgan fingerprint density at radius 2 is 1.87 bits per heavy atom. The van der Waals surface area contributed by atoms with E-state index < -0.39 is 0 Å². The minimum absolute atomic E-state index is 0.224. The summed E-state index contributed by atoms with van der Waals surface area (Å²) in [5.74, 6) is 0.725.